The van der Waals surface area contributed by atoms with E-state index in [0.29, 0.717) is 59.1 Å². The zero-order chi connectivity index (χ0) is 38.3. The molecule has 0 atom stereocenters. The number of H-pyrrole nitrogens is 2. The van der Waals surface area contributed by atoms with Gasteiger partial charge in [0, 0.05) is 79.1 Å². The second-order valence-electron chi connectivity index (χ2n) is 11.2. The fourth-order valence-corrected chi connectivity index (χ4v) is 7.30. The van der Waals surface area contributed by atoms with E-state index in [4.69, 9.17) is 14.3 Å². The number of nitrogens with zero attached hydrogens (tertiary/aromatic N) is 4. The van der Waals surface area contributed by atoms with Gasteiger partial charge in [-0.3, -0.25) is 23.7 Å². The molecule has 0 spiro atoms. The van der Waals surface area contributed by atoms with E-state index in [2.05, 4.69) is 43.1 Å². The first-order chi connectivity index (χ1) is 23.9. The van der Waals surface area contributed by atoms with Crippen LogP contribution >= 0.6 is 15.9 Å². The van der Waals surface area contributed by atoms with Crippen LogP contribution in [0.3, 0.4) is 0 Å². The Balaban J connectivity index is 0.000000232. The Bertz CT molecular complexity index is 2370. The summed E-state index contributed by atoms with van der Waals surface area (Å²) in [7, 11) is -3.61. The molecule has 2 aromatic heterocycles. The molecule has 16 nitrogen and oxygen atoms in total. The second kappa shape index (κ2) is 16.9. The first-order valence-electron chi connectivity index (χ1n) is 14.8. The average molecular weight is 808 g/mol. The third-order valence-corrected chi connectivity index (χ3v) is 10.8. The number of oxime groups is 2. The van der Waals surface area contributed by atoms with Gasteiger partial charge in [0.25, 0.3) is 11.1 Å². The minimum absolute atomic E-state index is 0.000000000000000222. The Morgan fingerprint density at radius 1 is 0.804 bits per heavy atom. The van der Waals surface area contributed by atoms with Gasteiger partial charge in [0.1, 0.15) is 18.8 Å². The van der Waals surface area contributed by atoms with E-state index in [1.54, 1.807) is 32.3 Å². The number of benzene rings is 2. The number of aryl methyl sites for hydroxylation is 2. The fourth-order valence-electron chi connectivity index (χ4n) is 5.06. The molecule has 0 fully saturated rings. The summed E-state index contributed by atoms with van der Waals surface area (Å²) < 4.78 is 58.8. The summed E-state index contributed by atoms with van der Waals surface area (Å²) in [6, 6.07) is 7.62. The van der Waals surface area contributed by atoms with Crippen molar-refractivity contribution in [2.24, 2.45) is 24.4 Å². The van der Waals surface area contributed by atoms with Crippen molar-refractivity contribution in [1.82, 2.24) is 19.6 Å². The molecule has 0 radical (unpaired) electrons. The zero-order valence-electron chi connectivity index (χ0n) is 28.4. The number of sulfone groups is 2. The monoisotopic (exact) mass is 806 g/mol. The summed E-state index contributed by atoms with van der Waals surface area (Å²) in [5.41, 5.74) is 3.36. The number of carbonyl (C=O) groups excluding carboxylic acids is 1. The van der Waals surface area contributed by atoms with Gasteiger partial charge in [-0.05, 0) is 49.2 Å². The van der Waals surface area contributed by atoms with Crippen LogP contribution in [-0.4, -0.2) is 79.3 Å². The van der Waals surface area contributed by atoms with Gasteiger partial charge in [-0.25, -0.2) is 16.8 Å². The SMILES string of the molecule is Cc1c(Br)ccc(S(C)(=O)=O)c1C1=NOCC1.Cc1c(C(=O)c2c[nH]n(C)c2=O)ccc(S(C)(=O)=O)c1C1=NOCC1.Cn1[nH]ccc1=O.[C-]#[O+]. The van der Waals surface area contributed by atoms with Gasteiger partial charge in [0.2, 0.25) is 0 Å². The number of aromatic nitrogens is 4. The first kappa shape index (κ1) is 40.6. The van der Waals surface area contributed by atoms with Crippen LogP contribution in [0.25, 0.3) is 0 Å². The van der Waals surface area contributed by atoms with Crippen LogP contribution < -0.4 is 11.1 Å². The van der Waals surface area contributed by atoms with Crippen molar-refractivity contribution in [2.45, 2.75) is 36.5 Å². The Hall–Kier alpha value is -4.81. The molecular weight excluding hydrogens is 772 g/mol. The van der Waals surface area contributed by atoms with Crippen LogP contribution in [0.5, 0.6) is 0 Å². The third kappa shape index (κ3) is 9.50. The molecule has 0 aliphatic carbocycles. The maximum atomic E-state index is 12.8. The fraction of sp³-hybridized carbons (Fsp3) is 0.312. The predicted molar refractivity (Wildman–Crippen MR) is 190 cm³/mol. The number of ketones is 1. The van der Waals surface area contributed by atoms with Gasteiger partial charge in [0.05, 0.1) is 21.2 Å². The van der Waals surface area contributed by atoms with Crippen molar-refractivity contribution >= 4 is 52.8 Å². The summed E-state index contributed by atoms with van der Waals surface area (Å²) in [6.07, 6.45) is 6.33. The van der Waals surface area contributed by atoms with Crippen LogP contribution in [0.15, 0.2) is 76.9 Å². The first-order valence-corrected chi connectivity index (χ1v) is 19.4. The summed E-state index contributed by atoms with van der Waals surface area (Å²) in [5, 5.41) is 13.1. The molecule has 0 bridgehead atoms. The summed E-state index contributed by atoms with van der Waals surface area (Å²) in [4.78, 5) is 45.5. The summed E-state index contributed by atoms with van der Waals surface area (Å²) in [6.45, 7) is 8.88. The number of rotatable bonds is 6. The van der Waals surface area contributed by atoms with Crippen molar-refractivity contribution in [3.63, 3.8) is 0 Å². The average Bonchev–Trinajstić information content (AvgIpc) is 3.91. The van der Waals surface area contributed by atoms with Gasteiger partial charge in [-0.2, -0.15) is 0 Å². The second-order valence-corrected chi connectivity index (χ2v) is 16.0. The number of hydrogen-bond donors (Lipinski definition) is 2. The molecule has 2 N–H and O–H groups in total. The molecule has 0 saturated heterocycles. The molecule has 6 rings (SSSR count). The van der Waals surface area contributed by atoms with Crippen molar-refractivity contribution in [1.29, 1.82) is 0 Å². The number of aromatic amines is 2. The van der Waals surface area contributed by atoms with Crippen molar-refractivity contribution in [2.75, 3.05) is 25.7 Å². The summed E-state index contributed by atoms with van der Waals surface area (Å²) in [5.74, 6) is -0.472. The van der Waals surface area contributed by atoms with E-state index in [1.807, 2.05) is 6.92 Å². The molecule has 51 heavy (non-hydrogen) atoms. The van der Waals surface area contributed by atoms with E-state index < -0.39 is 31.0 Å². The Kier molecular flexibility index (Phi) is 13.5. The summed E-state index contributed by atoms with van der Waals surface area (Å²) >= 11 is 3.40. The standard InChI is InChI=1S/C16H17N3O5S.C11H12BrNO3S.C4H6N2O.CO/c1-9-10(15(20)11-8-17-19(2)16(11)21)4-5-13(25(3,22)23)14(9)12-6-7-24-18-12;1-7-8(12)3-4-10(17(2,14)15)11(7)9-5-6-16-13-9;1-6-4(7)2-3-5-6;1-2/h4-5,8,17H,6-7H2,1-3H3;3-4H,5-6H2,1-2H3;2-3,5H,1H3;. The maximum absolute atomic E-state index is 12.8. The molecule has 0 amide bonds. The molecule has 4 heterocycles. The zero-order valence-corrected chi connectivity index (χ0v) is 31.7. The Morgan fingerprint density at radius 3 is 1.69 bits per heavy atom. The Morgan fingerprint density at radius 2 is 1.31 bits per heavy atom. The Labute approximate surface area is 301 Å². The molecular formula is C32H35BrN6O10S2. The molecule has 4 aromatic rings. The van der Waals surface area contributed by atoms with Crippen LogP contribution in [0, 0.1) is 20.5 Å². The van der Waals surface area contributed by atoms with Gasteiger partial charge in [0.15, 0.2) is 25.5 Å². The minimum atomic E-state index is -3.52. The normalized spacial score (nSPS) is 13.5. The number of hydrogen-bond acceptors (Lipinski definition) is 11. The molecule has 2 aliphatic heterocycles. The number of halogens is 1. The quantitative estimate of drug-likeness (QED) is 0.166. The van der Waals surface area contributed by atoms with Crippen molar-refractivity contribution < 1.29 is 36.0 Å². The van der Waals surface area contributed by atoms with Crippen LogP contribution in [0.2, 0.25) is 0 Å². The molecule has 19 heteroatoms. The van der Waals surface area contributed by atoms with Gasteiger partial charge in [-0.1, -0.05) is 26.2 Å². The molecule has 0 unspecified atom stereocenters. The van der Waals surface area contributed by atoms with Crippen molar-refractivity contribution in [3.8, 4) is 0 Å². The molecule has 2 aromatic carbocycles. The topological polar surface area (TPSA) is 224 Å². The molecule has 0 saturated carbocycles. The van der Waals surface area contributed by atoms with E-state index in [1.165, 1.54) is 47.1 Å². The van der Waals surface area contributed by atoms with Crippen LogP contribution in [0.4, 0.5) is 0 Å². The van der Waals surface area contributed by atoms with Gasteiger partial charge < -0.3 is 19.9 Å². The molecule has 272 valence electrons. The van der Waals surface area contributed by atoms with E-state index in [9.17, 15) is 31.2 Å². The van der Waals surface area contributed by atoms with Crippen LogP contribution in [0.1, 0.15) is 51.0 Å². The number of nitrogens with one attached hydrogen (secondary N) is 2. The van der Waals surface area contributed by atoms with Gasteiger partial charge >= 0.3 is 11.3 Å². The van der Waals surface area contributed by atoms with Crippen molar-refractivity contribution in [3.05, 3.63) is 108 Å². The van der Waals surface area contributed by atoms with Crippen LogP contribution in [-0.2, 0) is 48.1 Å². The third-order valence-electron chi connectivity index (χ3n) is 7.62. The van der Waals surface area contributed by atoms with Gasteiger partial charge in [-0.15, -0.1) is 0 Å². The van der Waals surface area contributed by atoms with E-state index in [-0.39, 0.29) is 21.6 Å². The van der Waals surface area contributed by atoms with E-state index in [0.717, 1.165) is 16.3 Å². The van der Waals surface area contributed by atoms with E-state index >= 15 is 0 Å². The predicted octanol–water partition coefficient (Wildman–Crippen LogP) is 2.74. The number of carbonyl (C=O) groups is 1. The molecule has 2 aliphatic rings.